The van der Waals surface area contributed by atoms with Crippen molar-refractivity contribution in [2.45, 2.75) is 46.7 Å². The summed E-state index contributed by atoms with van der Waals surface area (Å²) in [6.07, 6.45) is 0.842. The number of aryl methyl sites for hydroxylation is 1. The van der Waals surface area contributed by atoms with Crippen LogP contribution in [0.15, 0.2) is 12.1 Å². The Morgan fingerprint density at radius 1 is 1.11 bits per heavy atom. The highest BCUT2D eigenvalue weighted by molar-refractivity contribution is 6.05. The molecule has 1 aromatic heterocycles. The standard InChI is InChI=1S/C22H28N2O4/c1-12-20(15(4)25)13(2)23-21(12)22(26)14(3)24-8-7-16-9-18(27-5)19(28-6)10-17(16)11-24/h9-10,14,23H,7-8,11H2,1-6H3/t14-/m1/s1. The lowest BCUT2D eigenvalue weighted by atomic mass is 9.96. The van der Waals surface area contributed by atoms with Gasteiger partial charge in [-0.2, -0.15) is 0 Å². The van der Waals surface area contributed by atoms with E-state index in [-0.39, 0.29) is 17.6 Å². The molecular weight excluding hydrogens is 356 g/mol. The number of H-pyrrole nitrogens is 1. The maximum absolute atomic E-state index is 13.2. The molecule has 0 amide bonds. The molecule has 3 rings (SSSR count). The molecule has 1 atom stereocenters. The number of hydrogen-bond acceptors (Lipinski definition) is 5. The molecule has 2 aromatic rings. The number of methoxy groups -OCH3 is 2. The van der Waals surface area contributed by atoms with Crippen molar-refractivity contribution in [1.82, 2.24) is 9.88 Å². The molecule has 0 saturated heterocycles. The zero-order valence-electron chi connectivity index (χ0n) is 17.4. The number of fused-ring (bicyclic) bond motifs is 1. The van der Waals surface area contributed by atoms with Crippen LogP contribution < -0.4 is 9.47 Å². The van der Waals surface area contributed by atoms with Crippen LogP contribution in [0.5, 0.6) is 11.5 Å². The predicted molar refractivity (Wildman–Crippen MR) is 108 cm³/mol. The number of ether oxygens (including phenoxy) is 2. The van der Waals surface area contributed by atoms with Gasteiger partial charge in [-0.25, -0.2) is 0 Å². The van der Waals surface area contributed by atoms with Crippen molar-refractivity contribution in [3.05, 3.63) is 45.8 Å². The lowest BCUT2D eigenvalue weighted by molar-refractivity contribution is 0.0814. The first-order valence-corrected chi connectivity index (χ1v) is 9.50. The number of nitrogens with one attached hydrogen (secondary N) is 1. The average molecular weight is 384 g/mol. The van der Waals surface area contributed by atoms with Crippen molar-refractivity contribution >= 4 is 11.6 Å². The van der Waals surface area contributed by atoms with Crippen molar-refractivity contribution in [2.24, 2.45) is 0 Å². The predicted octanol–water partition coefficient (Wildman–Crippen LogP) is 3.48. The molecule has 0 spiro atoms. The van der Waals surface area contributed by atoms with E-state index >= 15 is 0 Å². The molecule has 150 valence electrons. The van der Waals surface area contributed by atoms with E-state index < -0.39 is 0 Å². The van der Waals surface area contributed by atoms with Gasteiger partial charge in [0, 0.05) is 24.3 Å². The van der Waals surface area contributed by atoms with Gasteiger partial charge >= 0.3 is 0 Å². The lowest BCUT2D eigenvalue weighted by Crippen LogP contribution is -2.42. The molecule has 0 aliphatic carbocycles. The Labute approximate surface area is 165 Å². The Balaban J connectivity index is 1.85. The van der Waals surface area contributed by atoms with Gasteiger partial charge in [0.2, 0.25) is 0 Å². The summed E-state index contributed by atoms with van der Waals surface area (Å²) in [7, 11) is 3.26. The minimum absolute atomic E-state index is 0.0111. The number of ketones is 2. The van der Waals surface area contributed by atoms with Gasteiger partial charge in [0.15, 0.2) is 23.1 Å². The molecule has 6 heteroatoms. The summed E-state index contributed by atoms with van der Waals surface area (Å²) in [5, 5.41) is 0. The number of benzene rings is 1. The van der Waals surface area contributed by atoms with E-state index in [0.717, 1.165) is 35.5 Å². The minimum Gasteiger partial charge on any atom is -0.493 e. The van der Waals surface area contributed by atoms with Gasteiger partial charge in [0.25, 0.3) is 0 Å². The van der Waals surface area contributed by atoms with Crippen LogP contribution >= 0.6 is 0 Å². The van der Waals surface area contributed by atoms with Gasteiger partial charge in [-0.05, 0) is 62.9 Å². The van der Waals surface area contributed by atoms with E-state index in [1.54, 1.807) is 14.2 Å². The molecule has 6 nitrogen and oxygen atoms in total. The third-order valence-electron chi connectivity index (χ3n) is 5.71. The quantitative estimate of drug-likeness (QED) is 0.772. The Morgan fingerprint density at radius 3 is 2.25 bits per heavy atom. The van der Waals surface area contributed by atoms with Crippen LogP contribution in [0.3, 0.4) is 0 Å². The average Bonchev–Trinajstić information content (AvgIpc) is 2.99. The van der Waals surface area contributed by atoms with Crippen LogP contribution in [0.25, 0.3) is 0 Å². The largest absolute Gasteiger partial charge is 0.493 e. The topological polar surface area (TPSA) is 71.6 Å². The summed E-state index contributed by atoms with van der Waals surface area (Å²) in [5.41, 5.74) is 5.02. The second-order valence-electron chi connectivity index (χ2n) is 7.42. The van der Waals surface area contributed by atoms with Crippen LogP contribution in [0.4, 0.5) is 0 Å². The summed E-state index contributed by atoms with van der Waals surface area (Å²) >= 11 is 0. The van der Waals surface area contributed by atoms with Crippen LogP contribution in [0.2, 0.25) is 0 Å². The number of Topliss-reactive ketones (excluding diaryl/α,β-unsaturated/α-hetero) is 2. The van der Waals surface area contributed by atoms with E-state index in [1.165, 1.54) is 12.5 Å². The highest BCUT2D eigenvalue weighted by atomic mass is 16.5. The number of aromatic amines is 1. The molecule has 1 aliphatic rings. The van der Waals surface area contributed by atoms with Gasteiger partial charge < -0.3 is 14.5 Å². The van der Waals surface area contributed by atoms with Crippen LogP contribution in [0.1, 0.15) is 57.1 Å². The summed E-state index contributed by atoms with van der Waals surface area (Å²) in [6.45, 7) is 8.58. The highest BCUT2D eigenvalue weighted by Crippen LogP contribution is 2.34. The molecule has 1 aromatic carbocycles. The Bertz CT molecular complexity index is 929. The fourth-order valence-corrected chi connectivity index (χ4v) is 4.13. The normalized spacial score (nSPS) is 15.1. The van der Waals surface area contributed by atoms with E-state index in [9.17, 15) is 9.59 Å². The fraction of sp³-hybridized carbons (Fsp3) is 0.455. The monoisotopic (exact) mass is 384 g/mol. The molecule has 0 unspecified atom stereocenters. The van der Waals surface area contributed by atoms with Crippen LogP contribution in [0, 0.1) is 13.8 Å². The first-order chi connectivity index (χ1) is 13.3. The SMILES string of the molecule is COc1cc2c(cc1OC)CN([C@H](C)C(=O)c1[nH]c(C)c(C(C)=O)c1C)CC2. The molecule has 0 fully saturated rings. The van der Waals surface area contributed by atoms with E-state index in [0.29, 0.717) is 23.6 Å². The van der Waals surface area contributed by atoms with Crippen molar-refractivity contribution < 1.29 is 19.1 Å². The molecular formula is C22H28N2O4. The molecule has 28 heavy (non-hydrogen) atoms. The van der Waals surface area contributed by atoms with Crippen LogP contribution in [-0.2, 0) is 13.0 Å². The van der Waals surface area contributed by atoms with E-state index in [2.05, 4.69) is 9.88 Å². The van der Waals surface area contributed by atoms with Gasteiger partial charge in [-0.1, -0.05) is 0 Å². The molecule has 2 heterocycles. The van der Waals surface area contributed by atoms with Gasteiger partial charge in [-0.3, -0.25) is 14.5 Å². The van der Waals surface area contributed by atoms with Crippen molar-refractivity contribution in [2.75, 3.05) is 20.8 Å². The van der Waals surface area contributed by atoms with Crippen LogP contribution in [-0.4, -0.2) is 48.3 Å². The van der Waals surface area contributed by atoms with Crippen molar-refractivity contribution in [3.8, 4) is 11.5 Å². The molecule has 0 saturated carbocycles. The van der Waals surface area contributed by atoms with E-state index in [1.807, 2.05) is 32.9 Å². The lowest BCUT2D eigenvalue weighted by Gasteiger charge is -2.33. The summed E-state index contributed by atoms with van der Waals surface area (Å²) < 4.78 is 10.8. The zero-order chi connectivity index (χ0) is 20.6. The summed E-state index contributed by atoms with van der Waals surface area (Å²) in [4.78, 5) is 30.3. The number of nitrogens with zero attached hydrogens (tertiary/aromatic N) is 1. The zero-order valence-corrected chi connectivity index (χ0v) is 17.4. The molecule has 1 N–H and O–H groups in total. The number of hydrogen-bond donors (Lipinski definition) is 1. The van der Waals surface area contributed by atoms with Crippen molar-refractivity contribution in [1.29, 1.82) is 0 Å². The van der Waals surface area contributed by atoms with Gasteiger partial charge in [0.1, 0.15) is 0 Å². The third-order valence-corrected chi connectivity index (χ3v) is 5.71. The third kappa shape index (κ3) is 3.44. The first-order valence-electron chi connectivity index (χ1n) is 9.50. The van der Waals surface area contributed by atoms with E-state index in [4.69, 9.17) is 9.47 Å². The number of aromatic nitrogens is 1. The van der Waals surface area contributed by atoms with Gasteiger partial charge in [-0.15, -0.1) is 0 Å². The molecule has 0 radical (unpaired) electrons. The Morgan fingerprint density at radius 2 is 1.71 bits per heavy atom. The molecule has 0 bridgehead atoms. The second-order valence-corrected chi connectivity index (χ2v) is 7.42. The Hall–Kier alpha value is -2.60. The molecule has 1 aliphatic heterocycles. The fourth-order valence-electron chi connectivity index (χ4n) is 4.13. The minimum atomic E-state index is -0.294. The smallest absolute Gasteiger partial charge is 0.196 e. The number of rotatable bonds is 6. The summed E-state index contributed by atoms with van der Waals surface area (Å²) in [5.74, 6) is 1.42. The highest BCUT2D eigenvalue weighted by Gasteiger charge is 2.30. The van der Waals surface area contributed by atoms with Gasteiger partial charge in [0.05, 0.1) is 26.0 Å². The Kier molecular flexibility index (Phi) is 5.61. The first kappa shape index (κ1) is 20.1. The second kappa shape index (κ2) is 7.80. The number of carbonyl (C=O) groups is 2. The maximum Gasteiger partial charge on any atom is 0.196 e. The number of carbonyl (C=O) groups excluding carboxylic acids is 2. The summed E-state index contributed by atoms with van der Waals surface area (Å²) in [6, 6.07) is 3.73. The van der Waals surface area contributed by atoms with Crippen molar-refractivity contribution in [3.63, 3.8) is 0 Å². The maximum atomic E-state index is 13.2.